The molecular formula is C19H17Cl2NO3S. The molecule has 0 saturated heterocycles. The lowest BCUT2D eigenvalue weighted by molar-refractivity contribution is 0.0962. The predicted molar refractivity (Wildman–Crippen MR) is 105 cm³/mol. The predicted octanol–water partition coefficient (Wildman–Crippen LogP) is 4.99. The summed E-state index contributed by atoms with van der Waals surface area (Å²) in [7, 11) is -3.32. The standard InChI is InChI=1S/C19H17Cl2NO3S/c1-3-4-16-9-12-10-17(26(2,24)25)5-6-18(12)22(16)19(23)13-7-14(20)11-15(21)8-13/h5-11H,3-4H2,1-2H3. The van der Waals surface area contributed by atoms with Gasteiger partial charge in [-0.05, 0) is 48.9 Å². The molecule has 0 atom stereocenters. The van der Waals surface area contributed by atoms with Crippen LogP contribution >= 0.6 is 23.2 Å². The number of benzene rings is 2. The summed E-state index contributed by atoms with van der Waals surface area (Å²) < 4.78 is 25.2. The third-order valence-electron chi connectivity index (χ3n) is 4.10. The van der Waals surface area contributed by atoms with Crippen LogP contribution in [-0.2, 0) is 16.3 Å². The molecule has 1 heterocycles. The maximum absolute atomic E-state index is 13.1. The van der Waals surface area contributed by atoms with E-state index in [1.54, 1.807) is 34.9 Å². The molecular weight excluding hydrogens is 393 g/mol. The molecule has 3 rings (SSSR count). The Balaban J connectivity index is 2.22. The molecule has 0 spiro atoms. The van der Waals surface area contributed by atoms with Crippen molar-refractivity contribution >= 4 is 49.8 Å². The van der Waals surface area contributed by atoms with Gasteiger partial charge in [-0.1, -0.05) is 36.5 Å². The first kappa shape index (κ1) is 19.0. The summed E-state index contributed by atoms with van der Waals surface area (Å²) in [5.41, 5.74) is 1.85. The van der Waals surface area contributed by atoms with Gasteiger partial charge in [0.1, 0.15) is 0 Å². The van der Waals surface area contributed by atoms with Crippen LogP contribution in [0.2, 0.25) is 10.0 Å². The zero-order valence-electron chi connectivity index (χ0n) is 14.3. The highest BCUT2D eigenvalue weighted by molar-refractivity contribution is 7.90. The van der Waals surface area contributed by atoms with Crippen LogP contribution in [0.5, 0.6) is 0 Å². The molecule has 1 aromatic heterocycles. The number of carbonyl (C=O) groups excluding carboxylic acids is 1. The van der Waals surface area contributed by atoms with Crippen LogP contribution in [0.3, 0.4) is 0 Å². The largest absolute Gasteiger partial charge is 0.280 e. The van der Waals surface area contributed by atoms with Crippen molar-refractivity contribution in [1.29, 1.82) is 0 Å². The molecule has 0 bridgehead atoms. The van der Waals surface area contributed by atoms with E-state index in [9.17, 15) is 13.2 Å². The second-order valence-corrected chi connectivity index (χ2v) is 9.07. The quantitative estimate of drug-likeness (QED) is 0.609. The van der Waals surface area contributed by atoms with Gasteiger partial charge in [0.15, 0.2) is 9.84 Å². The number of halogens is 2. The summed E-state index contributed by atoms with van der Waals surface area (Å²) in [6.45, 7) is 2.02. The van der Waals surface area contributed by atoms with Gasteiger partial charge in [0, 0.05) is 32.9 Å². The van der Waals surface area contributed by atoms with E-state index in [2.05, 4.69) is 0 Å². The first-order valence-electron chi connectivity index (χ1n) is 8.06. The SMILES string of the molecule is CCCc1cc2cc(S(C)(=O)=O)ccc2n1C(=O)c1cc(Cl)cc(Cl)c1. The van der Waals surface area contributed by atoms with Crippen LogP contribution in [0, 0.1) is 0 Å². The number of fused-ring (bicyclic) bond motifs is 1. The van der Waals surface area contributed by atoms with Gasteiger partial charge in [-0.15, -0.1) is 0 Å². The minimum absolute atomic E-state index is 0.225. The summed E-state index contributed by atoms with van der Waals surface area (Å²) in [6.07, 6.45) is 2.69. The van der Waals surface area contributed by atoms with Crippen LogP contribution < -0.4 is 0 Å². The fourth-order valence-electron chi connectivity index (χ4n) is 2.97. The molecule has 0 aliphatic heterocycles. The molecule has 0 saturated carbocycles. The molecule has 0 fully saturated rings. The number of carbonyl (C=O) groups is 1. The molecule has 0 unspecified atom stereocenters. The summed E-state index contributed by atoms with van der Waals surface area (Å²) in [5, 5.41) is 1.47. The number of aryl methyl sites for hydroxylation is 1. The second-order valence-electron chi connectivity index (χ2n) is 6.18. The van der Waals surface area contributed by atoms with Crippen molar-refractivity contribution in [2.75, 3.05) is 6.26 Å². The van der Waals surface area contributed by atoms with E-state index in [0.717, 1.165) is 18.4 Å². The summed E-state index contributed by atoms with van der Waals surface area (Å²) >= 11 is 12.1. The molecule has 136 valence electrons. The molecule has 0 amide bonds. The Bertz CT molecular complexity index is 1100. The molecule has 0 aliphatic carbocycles. The minimum Gasteiger partial charge on any atom is -0.280 e. The Kier molecular flexibility index (Phi) is 5.15. The van der Waals surface area contributed by atoms with Crippen LogP contribution in [0.25, 0.3) is 10.9 Å². The lowest BCUT2D eigenvalue weighted by atomic mass is 10.2. The zero-order chi connectivity index (χ0) is 19.1. The molecule has 7 heteroatoms. The van der Waals surface area contributed by atoms with Crippen molar-refractivity contribution in [2.45, 2.75) is 24.7 Å². The van der Waals surface area contributed by atoms with Gasteiger partial charge in [0.25, 0.3) is 5.91 Å². The molecule has 0 aliphatic rings. The van der Waals surface area contributed by atoms with E-state index in [0.29, 0.717) is 32.9 Å². The molecule has 3 aromatic rings. The number of hydrogen-bond donors (Lipinski definition) is 0. The topological polar surface area (TPSA) is 56.1 Å². The first-order valence-corrected chi connectivity index (χ1v) is 10.7. The van der Waals surface area contributed by atoms with Crippen LogP contribution in [0.15, 0.2) is 47.4 Å². The lowest BCUT2D eigenvalue weighted by Crippen LogP contribution is -2.15. The third-order valence-corrected chi connectivity index (χ3v) is 5.64. The molecule has 4 nitrogen and oxygen atoms in total. The summed E-state index contributed by atoms with van der Waals surface area (Å²) in [6, 6.07) is 11.3. The van der Waals surface area contributed by atoms with Crippen molar-refractivity contribution in [2.24, 2.45) is 0 Å². The van der Waals surface area contributed by atoms with Gasteiger partial charge < -0.3 is 0 Å². The first-order chi connectivity index (χ1) is 12.2. The van der Waals surface area contributed by atoms with Gasteiger partial charge in [-0.25, -0.2) is 8.42 Å². The average Bonchev–Trinajstić information content (AvgIpc) is 2.89. The highest BCUT2D eigenvalue weighted by Crippen LogP contribution is 2.27. The van der Waals surface area contributed by atoms with E-state index < -0.39 is 9.84 Å². The fraction of sp³-hybridized carbons (Fsp3) is 0.211. The Morgan fingerprint density at radius 3 is 2.27 bits per heavy atom. The van der Waals surface area contributed by atoms with Gasteiger partial charge >= 0.3 is 0 Å². The monoisotopic (exact) mass is 409 g/mol. The van der Waals surface area contributed by atoms with E-state index in [-0.39, 0.29) is 10.8 Å². The van der Waals surface area contributed by atoms with Crippen molar-refractivity contribution in [3.8, 4) is 0 Å². The lowest BCUT2D eigenvalue weighted by Gasteiger charge is -2.10. The molecule has 2 aromatic carbocycles. The number of rotatable bonds is 4. The number of nitrogens with zero attached hydrogens (tertiary/aromatic N) is 1. The normalized spacial score (nSPS) is 11.8. The minimum atomic E-state index is -3.32. The Morgan fingerprint density at radius 1 is 1.04 bits per heavy atom. The van der Waals surface area contributed by atoms with Crippen LogP contribution in [-0.4, -0.2) is 25.1 Å². The second kappa shape index (κ2) is 7.06. The van der Waals surface area contributed by atoms with Gasteiger partial charge in [-0.3, -0.25) is 9.36 Å². The van der Waals surface area contributed by atoms with Crippen molar-refractivity contribution in [3.05, 3.63) is 63.8 Å². The van der Waals surface area contributed by atoms with Crippen molar-refractivity contribution in [3.63, 3.8) is 0 Å². The van der Waals surface area contributed by atoms with E-state index in [4.69, 9.17) is 23.2 Å². The van der Waals surface area contributed by atoms with Crippen LogP contribution in [0.4, 0.5) is 0 Å². The zero-order valence-corrected chi connectivity index (χ0v) is 16.6. The van der Waals surface area contributed by atoms with Crippen molar-refractivity contribution in [1.82, 2.24) is 4.57 Å². The number of aromatic nitrogens is 1. The molecule has 26 heavy (non-hydrogen) atoms. The Hall–Kier alpha value is -1.82. The number of hydrogen-bond acceptors (Lipinski definition) is 3. The highest BCUT2D eigenvalue weighted by Gasteiger charge is 2.19. The van der Waals surface area contributed by atoms with E-state index in [1.165, 1.54) is 6.07 Å². The average molecular weight is 410 g/mol. The fourth-order valence-corrected chi connectivity index (χ4v) is 4.15. The smallest absolute Gasteiger partial charge is 0.262 e. The van der Waals surface area contributed by atoms with Gasteiger partial charge in [-0.2, -0.15) is 0 Å². The van der Waals surface area contributed by atoms with E-state index in [1.807, 2.05) is 13.0 Å². The number of sulfone groups is 1. The maximum Gasteiger partial charge on any atom is 0.262 e. The van der Waals surface area contributed by atoms with Gasteiger partial charge in [0.2, 0.25) is 0 Å². The van der Waals surface area contributed by atoms with Crippen LogP contribution in [0.1, 0.15) is 29.4 Å². The van der Waals surface area contributed by atoms with Gasteiger partial charge in [0.05, 0.1) is 10.4 Å². The summed E-state index contributed by atoms with van der Waals surface area (Å²) in [4.78, 5) is 13.4. The Morgan fingerprint density at radius 2 is 1.69 bits per heavy atom. The third kappa shape index (κ3) is 3.65. The van der Waals surface area contributed by atoms with E-state index >= 15 is 0 Å². The Labute approximate surface area is 162 Å². The molecule has 0 N–H and O–H groups in total. The summed E-state index contributed by atoms with van der Waals surface area (Å²) in [5.74, 6) is -0.250. The maximum atomic E-state index is 13.1. The molecule has 0 radical (unpaired) electrons. The van der Waals surface area contributed by atoms with Crippen molar-refractivity contribution < 1.29 is 13.2 Å². The highest BCUT2D eigenvalue weighted by atomic mass is 35.5.